The molecule has 0 saturated carbocycles. The second kappa shape index (κ2) is 7.65. The second-order valence-corrected chi connectivity index (χ2v) is 5.72. The first-order valence-corrected chi connectivity index (χ1v) is 8.14. The van der Waals surface area contributed by atoms with E-state index in [4.69, 9.17) is 4.52 Å². The van der Waals surface area contributed by atoms with Gasteiger partial charge in [-0.25, -0.2) is 4.79 Å². The van der Waals surface area contributed by atoms with Crippen molar-refractivity contribution >= 4 is 23.6 Å². The highest BCUT2D eigenvalue weighted by Gasteiger charge is 2.18. The van der Waals surface area contributed by atoms with Gasteiger partial charge in [0.2, 0.25) is 5.95 Å². The van der Waals surface area contributed by atoms with Crippen LogP contribution in [0.4, 0.5) is 11.9 Å². The van der Waals surface area contributed by atoms with Crippen molar-refractivity contribution in [2.75, 3.05) is 23.3 Å². The summed E-state index contributed by atoms with van der Waals surface area (Å²) in [5.74, 6) is -1.01. The average molecular weight is 366 g/mol. The van der Waals surface area contributed by atoms with Crippen LogP contribution in [-0.4, -0.2) is 38.5 Å². The fourth-order valence-electron chi connectivity index (χ4n) is 2.46. The van der Waals surface area contributed by atoms with Gasteiger partial charge in [0, 0.05) is 18.7 Å². The second-order valence-electron chi connectivity index (χ2n) is 5.72. The highest BCUT2D eigenvalue weighted by molar-refractivity contribution is 6.03. The van der Waals surface area contributed by atoms with Gasteiger partial charge < -0.3 is 9.42 Å². The van der Waals surface area contributed by atoms with Gasteiger partial charge in [-0.3, -0.25) is 10.1 Å². The molecular weight excluding hydrogens is 348 g/mol. The van der Waals surface area contributed by atoms with Crippen molar-refractivity contribution in [2.24, 2.45) is 0 Å². The van der Waals surface area contributed by atoms with Gasteiger partial charge >= 0.3 is 5.76 Å². The van der Waals surface area contributed by atoms with Crippen LogP contribution in [0.2, 0.25) is 0 Å². The molecule has 27 heavy (non-hydrogen) atoms. The smallest absolute Gasteiger partial charge is 0.333 e. The zero-order chi connectivity index (χ0) is 19.4. The van der Waals surface area contributed by atoms with Gasteiger partial charge in [-0.1, -0.05) is 34.4 Å². The molecule has 2 heterocycles. The van der Waals surface area contributed by atoms with Crippen LogP contribution in [0.5, 0.6) is 0 Å². The number of fused-ring (bicyclic) bond motifs is 1. The summed E-state index contributed by atoms with van der Waals surface area (Å²) in [7, 11) is 0. The van der Waals surface area contributed by atoms with Crippen molar-refractivity contribution in [3.05, 3.63) is 71.3 Å². The van der Waals surface area contributed by atoms with Crippen molar-refractivity contribution < 1.29 is 9.32 Å². The Bertz CT molecular complexity index is 1060. The Hall–Kier alpha value is -3.75. The molecule has 0 aliphatic heterocycles. The van der Waals surface area contributed by atoms with E-state index in [1.54, 1.807) is 35.3 Å². The third-order valence-electron chi connectivity index (χ3n) is 3.63. The maximum atomic E-state index is 12.6. The maximum Gasteiger partial charge on any atom is 0.462 e. The summed E-state index contributed by atoms with van der Waals surface area (Å²) in [5.41, 5.74) is 1.38. The van der Waals surface area contributed by atoms with Crippen LogP contribution in [0.25, 0.3) is 5.78 Å². The number of rotatable bonds is 7. The Balaban J connectivity index is 2.04. The minimum atomic E-state index is -0.841. The number of aromatic nitrogens is 4. The lowest BCUT2D eigenvalue weighted by atomic mass is 10.1. The molecular formula is C18H18N6O3. The van der Waals surface area contributed by atoms with E-state index in [1.807, 2.05) is 13.0 Å². The number of benzene rings is 1. The first-order chi connectivity index (χ1) is 13.0. The van der Waals surface area contributed by atoms with E-state index in [1.165, 1.54) is 0 Å². The SMILES string of the molecule is C=CCN(CC=C)c1nc(NC(=O)c2cccc(C)c2)n2oc(=O)nc2n1. The predicted octanol–water partition coefficient (Wildman–Crippen LogP) is 1.82. The third kappa shape index (κ3) is 3.92. The van der Waals surface area contributed by atoms with Crippen LogP contribution in [0.1, 0.15) is 15.9 Å². The summed E-state index contributed by atoms with van der Waals surface area (Å²) in [4.78, 5) is 38.1. The molecule has 0 aliphatic carbocycles. The number of aryl methyl sites for hydroxylation is 1. The van der Waals surface area contributed by atoms with Gasteiger partial charge in [0.25, 0.3) is 17.6 Å². The summed E-state index contributed by atoms with van der Waals surface area (Å²) < 4.78 is 5.95. The molecule has 138 valence electrons. The number of carbonyl (C=O) groups excluding carboxylic acids is 1. The first-order valence-electron chi connectivity index (χ1n) is 8.14. The van der Waals surface area contributed by atoms with E-state index in [-0.39, 0.29) is 17.7 Å². The van der Waals surface area contributed by atoms with Gasteiger partial charge in [0.1, 0.15) is 0 Å². The summed E-state index contributed by atoms with van der Waals surface area (Å²) >= 11 is 0. The summed E-state index contributed by atoms with van der Waals surface area (Å²) in [6.45, 7) is 10.2. The van der Waals surface area contributed by atoms with Gasteiger partial charge in [-0.05, 0) is 19.1 Å². The van der Waals surface area contributed by atoms with Crippen LogP contribution < -0.4 is 16.0 Å². The Morgan fingerprint density at radius 2 is 2.00 bits per heavy atom. The Kier molecular flexibility index (Phi) is 5.11. The number of carbonyl (C=O) groups is 1. The monoisotopic (exact) mass is 366 g/mol. The highest BCUT2D eigenvalue weighted by Crippen LogP contribution is 2.15. The number of nitrogens with one attached hydrogen (secondary N) is 1. The Labute approximate surface area is 154 Å². The molecule has 1 N–H and O–H groups in total. The molecule has 1 aromatic carbocycles. The van der Waals surface area contributed by atoms with Crippen molar-refractivity contribution in [1.82, 2.24) is 19.5 Å². The molecule has 0 bridgehead atoms. The minimum Gasteiger partial charge on any atom is -0.333 e. The fourth-order valence-corrected chi connectivity index (χ4v) is 2.46. The molecule has 0 spiro atoms. The number of hydrogen-bond acceptors (Lipinski definition) is 7. The largest absolute Gasteiger partial charge is 0.462 e. The molecule has 0 saturated heterocycles. The zero-order valence-electron chi connectivity index (χ0n) is 14.8. The normalized spacial score (nSPS) is 10.6. The number of hydrogen-bond donors (Lipinski definition) is 1. The maximum absolute atomic E-state index is 12.6. The van der Waals surface area contributed by atoms with Crippen molar-refractivity contribution in [3.8, 4) is 0 Å². The molecule has 0 fully saturated rings. The van der Waals surface area contributed by atoms with Crippen LogP contribution >= 0.6 is 0 Å². The van der Waals surface area contributed by atoms with Crippen LogP contribution in [0, 0.1) is 6.92 Å². The lowest BCUT2D eigenvalue weighted by Gasteiger charge is -2.19. The minimum absolute atomic E-state index is 0.00534. The van der Waals surface area contributed by atoms with Crippen molar-refractivity contribution in [2.45, 2.75) is 6.92 Å². The van der Waals surface area contributed by atoms with E-state index < -0.39 is 11.7 Å². The number of anilines is 2. The van der Waals surface area contributed by atoms with Crippen molar-refractivity contribution in [1.29, 1.82) is 0 Å². The Morgan fingerprint density at radius 3 is 2.67 bits per heavy atom. The summed E-state index contributed by atoms with van der Waals surface area (Å²) in [6, 6.07) is 7.07. The molecule has 2 aromatic heterocycles. The van der Waals surface area contributed by atoms with Gasteiger partial charge in [-0.2, -0.15) is 9.97 Å². The van der Waals surface area contributed by atoms with E-state index >= 15 is 0 Å². The molecule has 0 aliphatic rings. The standard InChI is InChI=1S/C18H18N6O3/c1-4-9-23(10-5-2)15-20-16(24-17(21-15)22-18(26)27-24)19-14(25)13-8-6-7-12(3)11-13/h4-8,11H,1-2,9-10H2,3H3,(H,19,20,21,22,25,26). The van der Waals surface area contributed by atoms with E-state index in [0.717, 1.165) is 10.1 Å². The van der Waals surface area contributed by atoms with E-state index in [0.29, 0.717) is 18.7 Å². The molecule has 0 radical (unpaired) electrons. The van der Waals surface area contributed by atoms with E-state index in [2.05, 4.69) is 33.4 Å². The van der Waals surface area contributed by atoms with Gasteiger partial charge in [-0.15, -0.1) is 18.1 Å². The topological polar surface area (TPSA) is 106 Å². The average Bonchev–Trinajstić information content (AvgIpc) is 3.02. The molecule has 0 atom stereocenters. The van der Waals surface area contributed by atoms with Crippen molar-refractivity contribution in [3.63, 3.8) is 0 Å². The number of amides is 1. The zero-order valence-corrected chi connectivity index (χ0v) is 14.8. The molecule has 3 aromatic rings. The van der Waals surface area contributed by atoms with Gasteiger partial charge in [0.15, 0.2) is 0 Å². The molecule has 0 unspecified atom stereocenters. The lowest BCUT2D eigenvalue weighted by Crippen LogP contribution is -2.27. The Morgan fingerprint density at radius 1 is 1.26 bits per heavy atom. The molecule has 9 heteroatoms. The summed E-state index contributed by atoms with van der Waals surface area (Å²) in [5, 5.41) is 2.64. The quantitative estimate of drug-likeness (QED) is 0.636. The first kappa shape index (κ1) is 18.1. The van der Waals surface area contributed by atoms with Crippen LogP contribution in [0.15, 0.2) is 58.9 Å². The predicted molar refractivity (Wildman–Crippen MR) is 101 cm³/mol. The third-order valence-corrected chi connectivity index (χ3v) is 3.63. The van der Waals surface area contributed by atoms with E-state index in [9.17, 15) is 9.59 Å². The highest BCUT2D eigenvalue weighted by atomic mass is 16.5. The molecule has 3 rings (SSSR count). The van der Waals surface area contributed by atoms with Crippen LogP contribution in [-0.2, 0) is 0 Å². The summed E-state index contributed by atoms with van der Waals surface area (Å²) in [6.07, 6.45) is 3.36. The molecule has 1 amide bonds. The lowest BCUT2D eigenvalue weighted by molar-refractivity contribution is 0.102. The number of nitrogens with zero attached hydrogens (tertiary/aromatic N) is 5. The van der Waals surface area contributed by atoms with Crippen LogP contribution in [0.3, 0.4) is 0 Å². The fraction of sp³-hybridized carbons (Fsp3) is 0.167. The molecule has 9 nitrogen and oxygen atoms in total. The van der Waals surface area contributed by atoms with Gasteiger partial charge in [0.05, 0.1) is 0 Å².